The van der Waals surface area contributed by atoms with Crippen LogP contribution in [-0.2, 0) is 14.4 Å². The second kappa shape index (κ2) is 8.73. The highest BCUT2D eigenvalue weighted by molar-refractivity contribution is 5.84. The standard InChI is InChI=1S/C4H9NO2.C4H6O2/c1-2-3-4(6)7-5;1-3(2)4(5)6/h2-3,5H2,1H3;1H2,2H3,(H,5,6). The summed E-state index contributed by atoms with van der Waals surface area (Å²) in [5.74, 6) is 3.23. The molecule has 0 unspecified atom stereocenters. The van der Waals surface area contributed by atoms with Gasteiger partial charge in [-0.1, -0.05) is 13.5 Å². The fourth-order valence-electron chi connectivity index (χ4n) is 0.263. The molecule has 0 fully saturated rings. The topological polar surface area (TPSA) is 89.6 Å². The Morgan fingerprint density at radius 1 is 1.54 bits per heavy atom. The van der Waals surface area contributed by atoms with E-state index >= 15 is 0 Å². The second-order valence-electron chi connectivity index (χ2n) is 2.33. The lowest BCUT2D eigenvalue weighted by Gasteiger charge is -1.89. The van der Waals surface area contributed by atoms with Crippen molar-refractivity contribution in [1.29, 1.82) is 0 Å². The molecule has 0 bridgehead atoms. The van der Waals surface area contributed by atoms with Gasteiger partial charge in [-0.05, 0) is 13.3 Å². The summed E-state index contributed by atoms with van der Waals surface area (Å²) in [7, 11) is 0. The minimum Gasteiger partial charge on any atom is -0.478 e. The summed E-state index contributed by atoms with van der Waals surface area (Å²) in [4.78, 5) is 23.5. The molecule has 5 nitrogen and oxygen atoms in total. The Kier molecular flexibility index (Phi) is 9.53. The fraction of sp³-hybridized carbons (Fsp3) is 0.500. The van der Waals surface area contributed by atoms with Crippen LogP contribution in [0.15, 0.2) is 12.2 Å². The quantitative estimate of drug-likeness (QED) is 0.507. The Hall–Kier alpha value is -1.36. The van der Waals surface area contributed by atoms with Crippen LogP contribution in [-0.4, -0.2) is 17.0 Å². The van der Waals surface area contributed by atoms with E-state index in [0.717, 1.165) is 6.42 Å². The van der Waals surface area contributed by atoms with Crippen molar-refractivity contribution in [3.05, 3.63) is 12.2 Å². The van der Waals surface area contributed by atoms with E-state index in [4.69, 9.17) is 5.11 Å². The summed E-state index contributed by atoms with van der Waals surface area (Å²) < 4.78 is 0. The Labute approximate surface area is 77.1 Å². The monoisotopic (exact) mass is 189 g/mol. The van der Waals surface area contributed by atoms with Gasteiger partial charge in [-0.15, -0.1) is 0 Å². The predicted octanol–water partition coefficient (Wildman–Crippen LogP) is 0.851. The number of aliphatic carboxylic acids is 1. The van der Waals surface area contributed by atoms with Crippen LogP contribution >= 0.6 is 0 Å². The minimum absolute atomic E-state index is 0.176. The van der Waals surface area contributed by atoms with Crippen molar-refractivity contribution in [3.63, 3.8) is 0 Å². The summed E-state index contributed by atoms with van der Waals surface area (Å²) in [5, 5.41) is 7.89. The highest BCUT2D eigenvalue weighted by Gasteiger charge is 1.93. The van der Waals surface area contributed by atoms with E-state index in [-0.39, 0.29) is 11.5 Å². The normalized spacial score (nSPS) is 7.92. The second-order valence-corrected chi connectivity index (χ2v) is 2.33. The van der Waals surface area contributed by atoms with Crippen LogP contribution in [0, 0.1) is 0 Å². The number of rotatable bonds is 3. The lowest BCUT2D eigenvalue weighted by Crippen LogP contribution is -2.08. The smallest absolute Gasteiger partial charge is 0.330 e. The number of nitrogens with two attached hydrogens (primary N) is 1. The van der Waals surface area contributed by atoms with Gasteiger partial charge < -0.3 is 9.94 Å². The zero-order valence-electron chi connectivity index (χ0n) is 7.87. The molecule has 0 heterocycles. The molecule has 0 saturated carbocycles. The van der Waals surface area contributed by atoms with Gasteiger partial charge >= 0.3 is 11.9 Å². The van der Waals surface area contributed by atoms with Gasteiger partial charge in [0.2, 0.25) is 0 Å². The van der Waals surface area contributed by atoms with E-state index in [9.17, 15) is 9.59 Å². The Balaban J connectivity index is 0. The van der Waals surface area contributed by atoms with Crippen LogP contribution in [0.4, 0.5) is 0 Å². The molecule has 0 aromatic carbocycles. The number of carbonyl (C=O) groups excluding carboxylic acids is 1. The van der Waals surface area contributed by atoms with Crippen LogP contribution in [0.3, 0.4) is 0 Å². The van der Waals surface area contributed by atoms with Crippen LogP contribution in [0.2, 0.25) is 0 Å². The zero-order chi connectivity index (χ0) is 10.9. The van der Waals surface area contributed by atoms with Gasteiger partial charge in [0.15, 0.2) is 0 Å². The molecule has 0 saturated heterocycles. The van der Waals surface area contributed by atoms with E-state index in [1.54, 1.807) is 0 Å². The lowest BCUT2D eigenvalue weighted by molar-refractivity contribution is -0.144. The summed E-state index contributed by atoms with van der Waals surface area (Å²) in [6, 6.07) is 0. The van der Waals surface area contributed by atoms with Crippen molar-refractivity contribution in [3.8, 4) is 0 Å². The van der Waals surface area contributed by atoms with Gasteiger partial charge in [-0.25, -0.2) is 4.79 Å². The van der Waals surface area contributed by atoms with Crippen molar-refractivity contribution in [2.75, 3.05) is 0 Å². The molecule has 0 aromatic heterocycles. The SMILES string of the molecule is C=C(C)C(=O)O.CCCC(=O)ON. The fourth-order valence-corrected chi connectivity index (χ4v) is 0.263. The van der Waals surface area contributed by atoms with Crippen LogP contribution in [0.1, 0.15) is 26.7 Å². The van der Waals surface area contributed by atoms with Crippen LogP contribution in [0.25, 0.3) is 0 Å². The molecule has 0 atom stereocenters. The third-order valence-electron chi connectivity index (χ3n) is 0.951. The minimum atomic E-state index is -0.935. The largest absolute Gasteiger partial charge is 0.478 e. The molecule has 0 spiro atoms. The third-order valence-corrected chi connectivity index (χ3v) is 0.951. The van der Waals surface area contributed by atoms with Crippen molar-refractivity contribution in [2.24, 2.45) is 5.90 Å². The van der Waals surface area contributed by atoms with E-state index in [1.165, 1.54) is 6.92 Å². The maximum atomic E-state index is 10.1. The first-order chi connectivity index (χ1) is 5.95. The van der Waals surface area contributed by atoms with Crippen molar-refractivity contribution < 1.29 is 19.5 Å². The molecule has 76 valence electrons. The number of hydrogen-bond acceptors (Lipinski definition) is 4. The molecular weight excluding hydrogens is 174 g/mol. The molecule has 5 heteroatoms. The molecule has 0 radical (unpaired) electrons. The lowest BCUT2D eigenvalue weighted by atomic mass is 10.3. The van der Waals surface area contributed by atoms with Gasteiger partial charge in [0.1, 0.15) is 0 Å². The predicted molar refractivity (Wildman–Crippen MR) is 47.6 cm³/mol. The summed E-state index contributed by atoms with van der Waals surface area (Å²) in [6.45, 7) is 6.49. The van der Waals surface area contributed by atoms with Crippen molar-refractivity contribution >= 4 is 11.9 Å². The van der Waals surface area contributed by atoms with Gasteiger partial charge in [0, 0.05) is 12.0 Å². The maximum absolute atomic E-state index is 10.1. The molecule has 0 rings (SSSR count). The molecule has 13 heavy (non-hydrogen) atoms. The first-order valence-corrected chi connectivity index (χ1v) is 3.74. The van der Waals surface area contributed by atoms with Gasteiger partial charge in [-0.2, -0.15) is 5.90 Å². The maximum Gasteiger partial charge on any atom is 0.330 e. The molecule has 0 aliphatic carbocycles. The molecular formula is C8H15NO4. The van der Waals surface area contributed by atoms with E-state index in [0.29, 0.717) is 6.42 Å². The molecule has 0 aromatic rings. The highest BCUT2D eigenvalue weighted by Crippen LogP contribution is 1.85. The zero-order valence-corrected chi connectivity index (χ0v) is 7.87. The van der Waals surface area contributed by atoms with E-state index in [1.807, 2.05) is 6.92 Å². The number of carboxylic acid groups (broad SMARTS) is 1. The summed E-state index contributed by atoms with van der Waals surface area (Å²) >= 11 is 0. The van der Waals surface area contributed by atoms with Crippen LogP contribution in [0.5, 0.6) is 0 Å². The Bertz CT molecular complexity index is 177. The average Bonchev–Trinajstić information content (AvgIpc) is 2.05. The van der Waals surface area contributed by atoms with E-state index < -0.39 is 5.97 Å². The van der Waals surface area contributed by atoms with Gasteiger partial charge in [0.05, 0.1) is 0 Å². The Morgan fingerprint density at radius 3 is 2.00 bits per heavy atom. The molecule has 0 amide bonds. The number of hydrogen-bond donors (Lipinski definition) is 2. The van der Waals surface area contributed by atoms with Gasteiger partial charge in [0.25, 0.3) is 0 Å². The molecule has 3 N–H and O–H groups in total. The summed E-state index contributed by atoms with van der Waals surface area (Å²) in [6.07, 6.45) is 1.20. The Morgan fingerprint density at radius 2 is 1.92 bits per heavy atom. The highest BCUT2D eigenvalue weighted by atomic mass is 16.7. The van der Waals surface area contributed by atoms with Gasteiger partial charge in [-0.3, -0.25) is 4.79 Å². The number of carboxylic acids is 1. The molecule has 0 aliphatic rings. The first-order valence-electron chi connectivity index (χ1n) is 3.74. The third kappa shape index (κ3) is 13.6. The van der Waals surface area contributed by atoms with Crippen molar-refractivity contribution in [1.82, 2.24) is 0 Å². The van der Waals surface area contributed by atoms with Crippen LogP contribution < -0.4 is 5.90 Å². The number of carbonyl (C=O) groups is 2. The molecule has 0 aliphatic heterocycles. The average molecular weight is 189 g/mol. The van der Waals surface area contributed by atoms with E-state index in [2.05, 4.69) is 17.3 Å². The summed E-state index contributed by atoms with van der Waals surface area (Å²) in [5.41, 5.74) is 0.176. The van der Waals surface area contributed by atoms with Crippen molar-refractivity contribution in [2.45, 2.75) is 26.7 Å². The first kappa shape index (κ1) is 14.2.